The molecule has 0 aliphatic rings. The van der Waals surface area contributed by atoms with E-state index in [4.69, 9.17) is 14.2 Å². The third-order valence-electron chi connectivity index (χ3n) is 13.7. The Morgan fingerprint density at radius 3 is 0.849 bits per heavy atom. The number of esters is 3. The molecule has 0 aromatic carbocycles. The molecule has 73 heavy (non-hydrogen) atoms. The molecule has 0 heterocycles. The van der Waals surface area contributed by atoms with Crippen LogP contribution in [0.4, 0.5) is 0 Å². The zero-order chi connectivity index (χ0) is 52.9. The first-order chi connectivity index (χ1) is 36.0. The molecule has 0 amide bonds. The third kappa shape index (κ3) is 59.6. The summed E-state index contributed by atoms with van der Waals surface area (Å²) in [6, 6.07) is 0. The smallest absolute Gasteiger partial charge is 0.306 e. The Morgan fingerprint density at radius 1 is 0.288 bits per heavy atom. The topological polar surface area (TPSA) is 78.9 Å². The molecular formula is C67H118O6. The molecule has 0 aromatic rings. The van der Waals surface area contributed by atoms with E-state index in [0.717, 1.165) is 103 Å². The maximum absolute atomic E-state index is 12.9. The van der Waals surface area contributed by atoms with Crippen molar-refractivity contribution in [3.05, 3.63) is 72.9 Å². The van der Waals surface area contributed by atoms with Crippen LogP contribution in [0.5, 0.6) is 0 Å². The predicted octanol–water partition coefficient (Wildman–Crippen LogP) is 21.3. The standard InChI is InChI=1S/C67H118O6/c1-4-7-10-13-16-19-22-25-28-31-32-33-34-35-36-37-40-42-45-48-51-54-57-60-66(69)72-63-64(73-67(70)61-58-55-52-49-46-43-39-30-27-24-21-18-15-12-9-6-3)62-71-65(68)59-56-53-50-47-44-41-38-29-26-23-20-17-14-11-8-5-2/h7,10,16,19,25,28-30,32-33,38-39,64H,4-6,8-9,11-15,17-18,20-24,26-27,31,34-37,40-63H2,1-3H3/b10-7-,19-16-,28-25-,33-32-,38-29-,39-30-. The van der Waals surface area contributed by atoms with E-state index in [-0.39, 0.29) is 31.1 Å². The molecule has 0 radical (unpaired) electrons. The van der Waals surface area contributed by atoms with Crippen LogP contribution in [0.15, 0.2) is 72.9 Å². The number of unbranched alkanes of at least 4 members (excludes halogenated alkanes) is 34. The first kappa shape index (κ1) is 69.8. The van der Waals surface area contributed by atoms with Gasteiger partial charge in [0.05, 0.1) is 0 Å². The molecule has 0 saturated heterocycles. The van der Waals surface area contributed by atoms with Gasteiger partial charge in [0.1, 0.15) is 13.2 Å². The van der Waals surface area contributed by atoms with Crippen LogP contribution in [0, 0.1) is 0 Å². The Morgan fingerprint density at radius 2 is 0.534 bits per heavy atom. The molecule has 0 aromatic heterocycles. The Hall–Kier alpha value is -3.15. The molecule has 6 nitrogen and oxygen atoms in total. The lowest BCUT2D eigenvalue weighted by Crippen LogP contribution is -2.30. The average Bonchev–Trinajstić information content (AvgIpc) is 3.39. The van der Waals surface area contributed by atoms with Gasteiger partial charge < -0.3 is 14.2 Å². The Labute approximate surface area is 453 Å². The molecule has 0 saturated carbocycles. The van der Waals surface area contributed by atoms with Crippen molar-refractivity contribution in [1.82, 2.24) is 0 Å². The number of carbonyl (C=O) groups is 3. The predicted molar refractivity (Wildman–Crippen MR) is 316 cm³/mol. The summed E-state index contributed by atoms with van der Waals surface area (Å²) in [4.78, 5) is 38.3. The number of allylic oxidation sites excluding steroid dienone is 12. The monoisotopic (exact) mass is 1020 g/mol. The largest absolute Gasteiger partial charge is 0.462 e. The highest BCUT2D eigenvalue weighted by Crippen LogP contribution is 2.16. The van der Waals surface area contributed by atoms with Crippen molar-refractivity contribution in [2.24, 2.45) is 0 Å². The van der Waals surface area contributed by atoms with Crippen LogP contribution < -0.4 is 0 Å². The maximum Gasteiger partial charge on any atom is 0.306 e. The second-order valence-corrected chi connectivity index (χ2v) is 20.9. The highest BCUT2D eigenvalue weighted by atomic mass is 16.6. The van der Waals surface area contributed by atoms with Crippen molar-refractivity contribution in [3.63, 3.8) is 0 Å². The van der Waals surface area contributed by atoms with Crippen LogP contribution >= 0.6 is 0 Å². The maximum atomic E-state index is 12.9. The van der Waals surface area contributed by atoms with E-state index in [2.05, 4.69) is 93.7 Å². The Bertz CT molecular complexity index is 1360. The summed E-state index contributed by atoms with van der Waals surface area (Å²) in [5.41, 5.74) is 0. The van der Waals surface area contributed by atoms with Gasteiger partial charge in [-0.15, -0.1) is 0 Å². The Balaban J connectivity index is 4.36. The minimum absolute atomic E-state index is 0.0821. The first-order valence-corrected chi connectivity index (χ1v) is 31.4. The van der Waals surface area contributed by atoms with Crippen molar-refractivity contribution < 1.29 is 28.6 Å². The van der Waals surface area contributed by atoms with Crippen LogP contribution in [0.2, 0.25) is 0 Å². The van der Waals surface area contributed by atoms with E-state index in [0.29, 0.717) is 19.3 Å². The zero-order valence-corrected chi connectivity index (χ0v) is 48.4. The fourth-order valence-corrected chi connectivity index (χ4v) is 8.95. The quantitative estimate of drug-likeness (QED) is 0.0261. The lowest BCUT2D eigenvalue weighted by Gasteiger charge is -2.18. The van der Waals surface area contributed by atoms with E-state index < -0.39 is 6.10 Å². The Kier molecular flexibility index (Phi) is 58.7. The summed E-state index contributed by atoms with van der Waals surface area (Å²) >= 11 is 0. The lowest BCUT2D eigenvalue weighted by atomic mass is 10.1. The normalized spacial score (nSPS) is 12.5. The van der Waals surface area contributed by atoms with E-state index in [1.54, 1.807) is 0 Å². The molecule has 0 aliphatic carbocycles. The summed E-state index contributed by atoms with van der Waals surface area (Å²) in [5, 5.41) is 0. The van der Waals surface area contributed by atoms with E-state index in [9.17, 15) is 14.4 Å². The molecule has 0 spiro atoms. The molecule has 0 aliphatic heterocycles. The van der Waals surface area contributed by atoms with Crippen LogP contribution in [0.3, 0.4) is 0 Å². The van der Waals surface area contributed by atoms with Gasteiger partial charge in [0.2, 0.25) is 0 Å². The summed E-state index contributed by atoms with van der Waals surface area (Å²) in [6.45, 7) is 6.54. The lowest BCUT2D eigenvalue weighted by molar-refractivity contribution is -0.167. The number of rotatable bonds is 57. The van der Waals surface area contributed by atoms with Gasteiger partial charge in [-0.3, -0.25) is 14.4 Å². The minimum Gasteiger partial charge on any atom is -0.462 e. The fourth-order valence-electron chi connectivity index (χ4n) is 8.95. The average molecular weight is 1020 g/mol. The van der Waals surface area contributed by atoms with Crippen LogP contribution in [0.25, 0.3) is 0 Å². The van der Waals surface area contributed by atoms with Crippen molar-refractivity contribution >= 4 is 17.9 Å². The van der Waals surface area contributed by atoms with Crippen molar-refractivity contribution in [3.8, 4) is 0 Å². The highest BCUT2D eigenvalue weighted by Gasteiger charge is 2.19. The summed E-state index contributed by atoms with van der Waals surface area (Å²) in [5.74, 6) is -0.889. The van der Waals surface area contributed by atoms with Gasteiger partial charge in [-0.1, -0.05) is 261 Å². The van der Waals surface area contributed by atoms with Crippen LogP contribution in [0.1, 0.15) is 316 Å². The van der Waals surface area contributed by atoms with E-state index in [1.165, 1.54) is 173 Å². The molecule has 1 atom stereocenters. The van der Waals surface area contributed by atoms with Crippen molar-refractivity contribution in [1.29, 1.82) is 0 Å². The molecule has 0 N–H and O–H groups in total. The van der Waals surface area contributed by atoms with Gasteiger partial charge in [-0.05, 0) is 109 Å². The number of ether oxygens (including phenoxy) is 3. The van der Waals surface area contributed by atoms with Crippen LogP contribution in [-0.4, -0.2) is 37.2 Å². The highest BCUT2D eigenvalue weighted by molar-refractivity contribution is 5.71. The molecule has 0 bridgehead atoms. The first-order valence-electron chi connectivity index (χ1n) is 31.4. The summed E-state index contributed by atoms with van der Waals surface area (Å²) in [6.07, 6.45) is 79.0. The van der Waals surface area contributed by atoms with Crippen molar-refractivity contribution in [2.75, 3.05) is 13.2 Å². The van der Waals surface area contributed by atoms with Gasteiger partial charge in [-0.2, -0.15) is 0 Å². The van der Waals surface area contributed by atoms with Crippen molar-refractivity contribution in [2.45, 2.75) is 322 Å². The van der Waals surface area contributed by atoms with Gasteiger partial charge in [-0.25, -0.2) is 0 Å². The third-order valence-corrected chi connectivity index (χ3v) is 13.7. The molecule has 6 heteroatoms. The van der Waals surface area contributed by atoms with Gasteiger partial charge >= 0.3 is 17.9 Å². The number of hydrogen-bond donors (Lipinski definition) is 0. The second kappa shape index (κ2) is 61.4. The fraction of sp³-hybridized carbons (Fsp3) is 0.776. The number of carbonyl (C=O) groups excluding carboxylic acids is 3. The van der Waals surface area contributed by atoms with Gasteiger partial charge in [0.15, 0.2) is 6.10 Å². The van der Waals surface area contributed by atoms with Gasteiger partial charge in [0.25, 0.3) is 0 Å². The molecule has 0 fully saturated rings. The minimum atomic E-state index is -0.785. The molecule has 0 rings (SSSR count). The van der Waals surface area contributed by atoms with Crippen LogP contribution in [-0.2, 0) is 28.6 Å². The van der Waals surface area contributed by atoms with E-state index in [1.807, 2.05) is 0 Å². The molecular weight excluding hydrogens is 901 g/mol. The zero-order valence-electron chi connectivity index (χ0n) is 48.4. The molecule has 1 unspecified atom stereocenters. The van der Waals surface area contributed by atoms with Gasteiger partial charge in [0, 0.05) is 19.3 Å². The second-order valence-electron chi connectivity index (χ2n) is 20.9. The summed E-state index contributed by atoms with van der Waals surface area (Å²) < 4.78 is 16.9. The summed E-state index contributed by atoms with van der Waals surface area (Å²) in [7, 11) is 0. The SMILES string of the molecule is CC/C=C\C/C=C\C/C=C\C/C=C\CCCCCCCCCCCCC(=O)OCC(COC(=O)CCCCCCC/C=C\CCCCCCCCC)OC(=O)CCCCCCC/C=C\CCCCCCCCC. The van der Waals surface area contributed by atoms with E-state index >= 15 is 0 Å². The molecule has 422 valence electrons. The number of hydrogen-bond acceptors (Lipinski definition) is 6.